The first-order valence-corrected chi connectivity index (χ1v) is 9.02. The third-order valence-corrected chi connectivity index (χ3v) is 4.59. The summed E-state index contributed by atoms with van der Waals surface area (Å²) in [6.07, 6.45) is -0.431. The third-order valence-electron chi connectivity index (χ3n) is 4.59. The molecular weight excluding hydrogens is 354 g/mol. The quantitative estimate of drug-likeness (QED) is 0.644. The number of ether oxygens (including phenoxy) is 1. The summed E-state index contributed by atoms with van der Waals surface area (Å²) in [6.45, 7) is 3.85. The lowest BCUT2D eigenvalue weighted by Crippen LogP contribution is -2.82. The van der Waals surface area contributed by atoms with Gasteiger partial charge in [0.25, 0.3) is 11.5 Å². The molecule has 1 aliphatic heterocycles. The molecule has 0 saturated heterocycles. The van der Waals surface area contributed by atoms with Gasteiger partial charge in [-0.3, -0.25) is 9.79 Å². The van der Waals surface area contributed by atoms with Crippen LogP contribution in [0.25, 0.3) is 0 Å². The SMILES string of the molecule is COc1cccc([C@@H]2[NH+]=C(Nc3ccc(C)cc3)Nc3nc(C)cc(=O)n32)c1. The van der Waals surface area contributed by atoms with Gasteiger partial charge in [0.15, 0.2) is 6.17 Å². The largest absolute Gasteiger partial charge is 0.497 e. The van der Waals surface area contributed by atoms with Gasteiger partial charge in [-0.25, -0.2) is 20.2 Å². The van der Waals surface area contributed by atoms with Crippen LogP contribution in [0.3, 0.4) is 0 Å². The number of aryl methyl sites for hydroxylation is 2. The minimum Gasteiger partial charge on any atom is -0.497 e. The molecule has 0 spiro atoms. The number of hydrogen-bond acceptors (Lipinski definition) is 5. The monoisotopic (exact) mass is 376 g/mol. The highest BCUT2D eigenvalue weighted by molar-refractivity contribution is 5.99. The summed E-state index contributed by atoms with van der Waals surface area (Å²) < 4.78 is 6.95. The average Bonchev–Trinajstić information content (AvgIpc) is 2.69. The Balaban J connectivity index is 1.79. The smallest absolute Gasteiger partial charge is 0.357 e. The summed E-state index contributed by atoms with van der Waals surface area (Å²) in [5, 5.41) is 6.51. The maximum atomic E-state index is 12.7. The van der Waals surface area contributed by atoms with E-state index in [2.05, 4.69) is 20.6 Å². The van der Waals surface area contributed by atoms with Gasteiger partial charge in [0.1, 0.15) is 5.75 Å². The molecule has 0 saturated carbocycles. The molecule has 2 aromatic carbocycles. The zero-order valence-corrected chi connectivity index (χ0v) is 16.0. The second kappa shape index (κ2) is 7.19. The Bertz CT molecular complexity index is 1100. The normalized spacial score (nSPS) is 15.2. The van der Waals surface area contributed by atoms with Crippen molar-refractivity contribution in [3.8, 4) is 5.75 Å². The summed E-state index contributed by atoms with van der Waals surface area (Å²) in [5.41, 5.74) is 3.52. The van der Waals surface area contributed by atoms with E-state index in [-0.39, 0.29) is 5.56 Å². The minimum atomic E-state index is -0.431. The zero-order chi connectivity index (χ0) is 19.7. The number of rotatable bonds is 3. The molecule has 3 aromatic rings. The predicted molar refractivity (Wildman–Crippen MR) is 109 cm³/mol. The fourth-order valence-electron chi connectivity index (χ4n) is 3.19. The molecule has 0 amide bonds. The Labute approximate surface area is 162 Å². The Morgan fingerprint density at radius 1 is 1.14 bits per heavy atom. The van der Waals surface area contributed by atoms with Crippen LogP contribution < -0.4 is 25.9 Å². The van der Waals surface area contributed by atoms with Crippen LogP contribution in [0.5, 0.6) is 5.75 Å². The molecule has 0 unspecified atom stereocenters. The van der Waals surface area contributed by atoms with Gasteiger partial charge in [-0.1, -0.05) is 29.8 Å². The molecule has 0 bridgehead atoms. The zero-order valence-electron chi connectivity index (χ0n) is 16.0. The van der Waals surface area contributed by atoms with Gasteiger partial charge in [0, 0.05) is 17.3 Å². The summed E-state index contributed by atoms with van der Waals surface area (Å²) in [6, 6.07) is 17.2. The first-order valence-electron chi connectivity index (χ1n) is 9.02. The number of nitrogens with zero attached hydrogens (tertiary/aromatic N) is 2. The summed E-state index contributed by atoms with van der Waals surface area (Å²) in [7, 11) is 1.62. The van der Waals surface area contributed by atoms with Crippen LogP contribution in [0, 0.1) is 13.8 Å². The van der Waals surface area contributed by atoms with Crippen LogP contribution in [-0.2, 0) is 0 Å². The van der Waals surface area contributed by atoms with Crippen LogP contribution in [0.2, 0.25) is 0 Å². The standard InChI is InChI=1S/C21H21N5O2/c1-13-7-9-16(10-8-13)23-20-24-19(15-5-4-6-17(12-15)28-3)26-18(27)11-14(2)22-21(26)25-20/h4-12,19H,1-3H3,(H2,22,23,24,25)/p+1/t19-/m1/s1. The van der Waals surface area contributed by atoms with Gasteiger partial charge in [0.05, 0.1) is 12.8 Å². The Morgan fingerprint density at radius 2 is 1.93 bits per heavy atom. The highest BCUT2D eigenvalue weighted by atomic mass is 16.5. The van der Waals surface area contributed by atoms with Gasteiger partial charge < -0.3 is 4.74 Å². The van der Waals surface area contributed by atoms with E-state index < -0.39 is 6.17 Å². The first kappa shape index (κ1) is 17.8. The van der Waals surface area contributed by atoms with Crippen LogP contribution in [0.4, 0.5) is 11.6 Å². The summed E-state index contributed by atoms with van der Waals surface area (Å²) in [5.74, 6) is 1.85. The minimum absolute atomic E-state index is 0.135. The number of benzene rings is 2. The van der Waals surface area contributed by atoms with Gasteiger partial charge in [-0.2, -0.15) is 0 Å². The first-order chi connectivity index (χ1) is 13.5. The van der Waals surface area contributed by atoms with Crippen molar-refractivity contribution in [1.29, 1.82) is 0 Å². The van der Waals surface area contributed by atoms with Crippen LogP contribution in [0.15, 0.2) is 59.4 Å². The number of fused-ring (bicyclic) bond motifs is 1. The molecule has 1 aromatic heterocycles. The van der Waals surface area contributed by atoms with E-state index in [4.69, 9.17) is 4.74 Å². The van der Waals surface area contributed by atoms with Gasteiger partial charge in [-0.15, -0.1) is 0 Å². The Kier molecular flexibility index (Phi) is 4.57. The second-order valence-corrected chi connectivity index (χ2v) is 6.74. The second-order valence-electron chi connectivity index (χ2n) is 6.74. The number of guanidine groups is 1. The molecule has 0 aliphatic carbocycles. The number of methoxy groups -OCH3 is 1. The lowest BCUT2D eigenvalue weighted by molar-refractivity contribution is -0.520. The summed E-state index contributed by atoms with van der Waals surface area (Å²) >= 11 is 0. The van der Waals surface area contributed by atoms with E-state index in [1.165, 1.54) is 11.6 Å². The Hall–Kier alpha value is -3.61. The van der Waals surface area contributed by atoms with Gasteiger partial charge in [-0.05, 0) is 38.1 Å². The van der Waals surface area contributed by atoms with Crippen LogP contribution >= 0.6 is 0 Å². The lowest BCUT2D eigenvalue weighted by atomic mass is 10.1. The van der Waals surface area contributed by atoms with E-state index in [0.29, 0.717) is 17.6 Å². The van der Waals surface area contributed by atoms with Crippen LogP contribution in [-0.4, -0.2) is 22.6 Å². The molecule has 7 heteroatoms. The molecule has 0 fully saturated rings. The number of anilines is 2. The van der Waals surface area contributed by atoms with E-state index in [9.17, 15) is 4.79 Å². The number of aromatic nitrogens is 2. The fraction of sp³-hybridized carbons (Fsp3) is 0.190. The van der Waals surface area contributed by atoms with Crippen molar-refractivity contribution in [2.75, 3.05) is 17.7 Å². The molecule has 2 heterocycles. The topological polar surface area (TPSA) is 82.2 Å². The van der Waals surface area contributed by atoms with E-state index in [1.807, 2.05) is 55.5 Å². The molecule has 1 atom stereocenters. The maximum absolute atomic E-state index is 12.7. The number of hydrogen-bond donors (Lipinski definition) is 3. The summed E-state index contributed by atoms with van der Waals surface area (Å²) in [4.78, 5) is 20.6. The molecule has 7 nitrogen and oxygen atoms in total. The molecule has 4 rings (SSSR count). The highest BCUT2D eigenvalue weighted by Crippen LogP contribution is 2.21. The van der Waals surface area contributed by atoms with Crippen molar-refractivity contribution in [3.63, 3.8) is 0 Å². The fourth-order valence-corrected chi connectivity index (χ4v) is 3.19. The van der Waals surface area contributed by atoms with E-state index in [0.717, 1.165) is 17.0 Å². The molecule has 1 aliphatic rings. The van der Waals surface area contributed by atoms with Crippen molar-refractivity contribution in [2.24, 2.45) is 0 Å². The van der Waals surface area contributed by atoms with Gasteiger partial charge in [0.2, 0.25) is 0 Å². The van der Waals surface area contributed by atoms with Crippen molar-refractivity contribution >= 4 is 17.6 Å². The van der Waals surface area contributed by atoms with E-state index in [1.54, 1.807) is 18.6 Å². The van der Waals surface area contributed by atoms with Crippen LogP contribution in [0.1, 0.15) is 23.0 Å². The van der Waals surface area contributed by atoms with Gasteiger partial charge >= 0.3 is 5.96 Å². The average molecular weight is 376 g/mol. The van der Waals surface area contributed by atoms with Crippen molar-refractivity contribution < 1.29 is 9.73 Å². The predicted octanol–water partition coefficient (Wildman–Crippen LogP) is 1.39. The number of nitrogens with one attached hydrogen (secondary N) is 3. The van der Waals surface area contributed by atoms with Crippen molar-refractivity contribution in [3.05, 3.63) is 81.8 Å². The van der Waals surface area contributed by atoms with Crippen molar-refractivity contribution in [1.82, 2.24) is 9.55 Å². The highest BCUT2D eigenvalue weighted by Gasteiger charge is 2.29. The lowest BCUT2D eigenvalue weighted by Gasteiger charge is -2.23. The molecule has 0 radical (unpaired) electrons. The maximum Gasteiger partial charge on any atom is 0.357 e. The van der Waals surface area contributed by atoms with E-state index >= 15 is 0 Å². The molecular formula is C21H22N5O2+. The third kappa shape index (κ3) is 3.46. The Morgan fingerprint density at radius 3 is 2.68 bits per heavy atom. The van der Waals surface area contributed by atoms with Crippen molar-refractivity contribution in [2.45, 2.75) is 20.0 Å². The molecule has 28 heavy (non-hydrogen) atoms. The molecule has 3 N–H and O–H groups in total. The molecule has 142 valence electrons.